The van der Waals surface area contributed by atoms with Crippen LogP contribution in [0, 0.1) is 17.2 Å². The molecule has 2 amide bonds. The van der Waals surface area contributed by atoms with Crippen LogP contribution in [0.4, 0.5) is 23.2 Å². The predicted molar refractivity (Wildman–Crippen MR) is 161 cm³/mol. The standard InChI is InChI=1S/C35H36F4N2O4/c1-21(35(37,38)39)29(24-13-11-22(12-14-24)19-41-20-27-26(31(41)43)9-6-10-28(27)36)30(42)40-25-8-5-7-23(17-25)18-34(15-16-34)32(44)45-33(2,3)4/h5-14,17,21,29H,15-16,18-20H2,1-4H3,(H,40,42). The minimum atomic E-state index is -4.65. The van der Waals surface area contributed by atoms with Crippen molar-refractivity contribution in [1.82, 2.24) is 4.90 Å². The van der Waals surface area contributed by atoms with Crippen molar-refractivity contribution in [2.45, 2.75) is 77.7 Å². The summed E-state index contributed by atoms with van der Waals surface area (Å²) in [5.41, 5.74) is 1.24. The predicted octanol–water partition coefficient (Wildman–Crippen LogP) is 7.57. The molecule has 45 heavy (non-hydrogen) atoms. The van der Waals surface area contributed by atoms with Gasteiger partial charge in [0.05, 0.1) is 23.8 Å². The summed E-state index contributed by atoms with van der Waals surface area (Å²) in [5, 5.41) is 2.66. The summed E-state index contributed by atoms with van der Waals surface area (Å²) in [6.07, 6.45) is -2.90. The zero-order valence-electron chi connectivity index (χ0n) is 25.6. The summed E-state index contributed by atoms with van der Waals surface area (Å²) in [4.78, 5) is 40.5. The number of carbonyl (C=O) groups excluding carboxylic acids is 3. The summed E-state index contributed by atoms with van der Waals surface area (Å²) in [5.74, 6) is -5.43. The van der Waals surface area contributed by atoms with Gasteiger partial charge in [-0.25, -0.2) is 4.39 Å². The Morgan fingerprint density at radius 1 is 0.978 bits per heavy atom. The highest BCUT2D eigenvalue weighted by molar-refractivity contribution is 5.98. The number of hydrogen-bond acceptors (Lipinski definition) is 4. The normalized spacial score (nSPS) is 17.0. The number of fused-ring (bicyclic) bond motifs is 1. The second-order valence-corrected chi connectivity index (χ2v) is 13.1. The van der Waals surface area contributed by atoms with E-state index in [1.54, 1.807) is 57.2 Å². The van der Waals surface area contributed by atoms with E-state index < -0.39 is 40.8 Å². The molecule has 238 valence electrons. The van der Waals surface area contributed by atoms with Crippen molar-refractivity contribution < 1.29 is 36.7 Å². The van der Waals surface area contributed by atoms with Crippen LogP contribution in [-0.4, -0.2) is 34.5 Å². The van der Waals surface area contributed by atoms with Crippen LogP contribution in [0.25, 0.3) is 0 Å². The molecule has 3 aromatic carbocycles. The Balaban J connectivity index is 1.30. The Hall–Kier alpha value is -4.21. The quantitative estimate of drug-likeness (QED) is 0.197. The molecule has 0 bridgehead atoms. The first-order chi connectivity index (χ1) is 21.1. The molecule has 1 heterocycles. The monoisotopic (exact) mass is 624 g/mol. The molecule has 0 spiro atoms. The lowest BCUT2D eigenvalue weighted by atomic mass is 9.85. The molecule has 3 aromatic rings. The molecular weight excluding hydrogens is 588 g/mol. The number of alkyl halides is 3. The third-order valence-electron chi connectivity index (χ3n) is 8.42. The van der Waals surface area contributed by atoms with Crippen LogP contribution in [-0.2, 0) is 33.8 Å². The van der Waals surface area contributed by atoms with Gasteiger partial charge in [0.25, 0.3) is 5.91 Å². The fourth-order valence-electron chi connectivity index (χ4n) is 5.75. The number of carbonyl (C=O) groups is 3. The third-order valence-corrected chi connectivity index (χ3v) is 8.42. The number of nitrogens with one attached hydrogen (secondary N) is 1. The third kappa shape index (κ3) is 7.21. The molecular formula is C35H36F4N2O4. The number of hydrogen-bond donors (Lipinski definition) is 1. The molecule has 0 aromatic heterocycles. The Morgan fingerprint density at radius 3 is 2.24 bits per heavy atom. The second kappa shape index (κ2) is 11.9. The van der Waals surface area contributed by atoms with Gasteiger partial charge >= 0.3 is 12.1 Å². The summed E-state index contributed by atoms with van der Waals surface area (Å²) >= 11 is 0. The van der Waals surface area contributed by atoms with E-state index in [-0.39, 0.29) is 30.5 Å². The smallest absolute Gasteiger partial charge is 0.392 e. The maximum absolute atomic E-state index is 14.2. The van der Waals surface area contributed by atoms with Gasteiger partial charge in [-0.1, -0.05) is 49.4 Å². The first-order valence-electron chi connectivity index (χ1n) is 14.9. The van der Waals surface area contributed by atoms with E-state index in [1.165, 1.54) is 29.2 Å². The van der Waals surface area contributed by atoms with E-state index in [9.17, 15) is 31.9 Å². The number of halogens is 4. The Bertz CT molecular complexity index is 1610. The summed E-state index contributed by atoms with van der Waals surface area (Å²) in [6, 6.07) is 17.2. The maximum Gasteiger partial charge on any atom is 0.392 e. The topological polar surface area (TPSA) is 75.7 Å². The van der Waals surface area contributed by atoms with Crippen molar-refractivity contribution in [3.05, 3.63) is 100 Å². The van der Waals surface area contributed by atoms with Crippen LogP contribution in [0.5, 0.6) is 0 Å². The number of benzene rings is 3. The number of ether oxygens (including phenoxy) is 1. The minimum absolute atomic E-state index is 0.0939. The fraction of sp³-hybridized carbons (Fsp3) is 0.400. The van der Waals surface area contributed by atoms with Gasteiger partial charge in [-0.15, -0.1) is 0 Å². The molecule has 2 aliphatic rings. The van der Waals surface area contributed by atoms with Crippen molar-refractivity contribution in [2.75, 3.05) is 5.32 Å². The van der Waals surface area contributed by atoms with Crippen molar-refractivity contribution in [1.29, 1.82) is 0 Å². The Kier molecular flexibility index (Phi) is 8.55. The first kappa shape index (κ1) is 32.2. The van der Waals surface area contributed by atoms with Crippen LogP contribution in [0.3, 0.4) is 0 Å². The lowest BCUT2D eigenvalue weighted by Crippen LogP contribution is -2.34. The van der Waals surface area contributed by atoms with Crippen LogP contribution in [0.1, 0.15) is 79.1 Å². The summed E-state index contributed by atoms with van der Waals surface area (Å²) in [6.45, 7) is 6.62. The SMILES string of the molecule is CC(C(C(=O)Nc1cccc(CC2(C(=O)OC(C)(C)C)CC2)c1)c1ccc(CN2Cc3c(F)cccc3C2=O)cc1)C(F)(F)F. The average molecular weight is 625 g/mol. The van der Waals surface area contributed by atoms with E-state index in [0.29, 0.717) is 41.6 Å². The molecule has 2 atom stereocenters. The van der Waals surface area contributed by atoms with E-state index in [1.807, 2.05) is 6.07 Å². The second-order valence-electron chi connectivity index (χ2n) is 13.1. The molecule has 1 saturated carbocycles. The van der Waals surface area contributed by atoms with Crippen LogP contribution in [0.15, 0.2) is 66.7 Å². The molecule has 0 radical (unpaired) electrons. The van der Waals surface area contributed by atoms with Gasteiger partial charge in [-0.2, -0.15) is 13.2 Å². The van der Waals surface area contributed by atoms with Crippen LogP contribution < -0.4 is 5.32 Å². The van der Waals surface area contributed by atoms with Gasteiger partial charge in [0.15, 0.2) is 0 Å². The number of nitrogens with zero attached hydrogens (tertiary/aromatic N) is 1. The van der Waals surface area contributed by atoms with Crippen LogP contribution >= 0.6 is 0 Å². The number of esters is 1. The molecule has 0 saturated heterocycles. The fourth-order valence-corrected chi connectivity index (χ4v) is 5.75. The van der Waals surface area contributed by atoms with Crippen molar-refractivity contribution >= 4 is 23.5 Å². The largest absolute Gasteiger partial charge is 0.460 e. The lowest BCUT2D eigenvalue weighted by molar-refractivity contribution is -0.178. The van der Waals surface area contributed by atoms with Gasteiger partial charge in [0.2, 0.25) is 5.91 Å². The summed E-state index contributed by atoms with van der Waals surface area (Å²) < 4.78 is 61.7. The molecule has 6 nitrogen and oxygen atoms in total. The highest BCUT2D eigenvalue weighted by Crippen LogP contribution is 2.50. The van der Waals surface area contributed by atoms with Gasteiger partial charge in [0.1, 0.15) is 11.4 Å². The van der Waals surface area contributed by atoms with Gasteiger partial charge in [-0.3, -0.25) is 14.4 Å². The molecule has 2 unspecified atom stereocenters. The highest BCUT2D eigenvalue weighted by Gasteiger charge is 2.52. The summed E-state index contributed by atoms with van der Waals surface area (Å²) in [7, 11) is 0. The Morgan fingerprint density at radius 2 is 1.64 bits per heavy atom. The minimum Gasteiger partial charge on any atom is -0.460 e. The molecule has 1 aliphatic carbocycles. The molecule has 5 rings (SSSR count). The number of rotatable bonds is 9. The lowest BCUT2D eigenvalue weighted by Gasteiger charge is -2.26. The van der Waals surface area contributed by atoms with Crippen molar-refractivity contribution in [3.63, 3.8) is 0 Å². The van der Waals surface area contributed by atoms with Gasteiger partial charge < -0.3 is 15.0 Å². The van der Waals surface area contributed by atoms with E-state index in [0.717, 1.165) is 12.5 Å². The number of amides is 2. The maximum atomic E-state index is 14.2. The average Bonchev–Trinajstić information content (AvgIpc) is 3.66. The first-order valence-corrected chi connectivity index (χ1v) is 14.9. The zero-order chi connectivity index (χ0) is 32.7. The number of anilines is 1. The Labute approximate surface area is 259 Å². The van der Waals surface area contributed by atoms with E-state index in [4.69, 9.17) is 4.74 Å². The highest BCUT2D eigenvalue weighted by atomic mass is 19.4. The van der Waals surface area contributed by atoms with Gasteiger partial charge in [-0.05, 0) is 81.0 Å². The molecule has 1 aliphatic heterocycles. The molecule has 1 N–H and O–H groups in total. The van der Waals surface area contributed by atoms with E-state index >= 15 is 0 Å². The van der Waals surface area contributed by atoms with Crippen LogP contribution in [0.2, 0.25) is 0 Å². The van der Waals surface area contributed by atoms with Gasteiger partial charge in [0, 0.05) is 23.4 Å². The van der Waals surface area contributed by atoms with Crippen molar-refractivity contribution in [3.8, 4) is 0 Å². The van der Waals surface area contributed by atoms with Crippen molar-refractivity contribution in [2.24, 2.45) is 11.3 Å². The molecule has 10 heteroatoms. The van der Waals surface area contributed by atoms with E-state index in [2.05, 4.69) is 5.32 Å². The zero-order valence-corrected chi connectivity index (χ0v) is 25.6. The molecule has 1 fully saturated rings.